The van der Waals surface area contributed by atoms with Crippen LogP contribution in [0.15, 0.2) is 42.5 Å². The largest absolute Gasteiger partial charge is 0.389 e. The molecule has 2 aromatic carbocycles. The van der Waals surface area contributed by atoms with Crippen molar-refractivity contribution in [3.8, 4) is 0 Å². The van der Waals surface area contributed by atoms with Gasteiger partial charge in [-0.15, -0.1) is 0 Å². The molecule has 0 aliphatic rings. The number of rotatable bonds is 4. The Bertz CT molecular complexity index is 687. The first-order valence-corrected chi connectivity index (χ1v) is 7.26. The van der Waals surface area contributed by atoms with Gasteiger partial charge in [0, 0.05) is 10.6 Å². The van der Waals surface area contributed by atoms with E-state index in [0.717, 1.165) is 11.1 Å². The molecule has 0 fully saturated rings. The van der Waals surface area contributed by atoms with Crippen LogP contribution < -0.4 is 11.1 Å². The topological polar surface area (TPSA) is 55.1 Å². The van der Waals surface area contributed by atoms with Crippen molar-refractivity contribution in [1.82, 2.24) is 0 Å². The number of hydrogen-bond donors (Lipinski definition) is 2. The van der Waals surface area contributed by atoms with E-state index in [4.69, 9.17) is 41.2 Å². The van der Waals surface area contributed by atoms with Crippen molar-refractivity contribution in [2.75, 3.05) is 5.32 Å². The second kappa shape index (κ2) is 6.89. The second-order valence-electron chi connectivity index (χ2n) is 4.41. The number of carbonyl (C=O) groups is 1. The fourth-order valence-corrected chi connectivity index (χ4v) is 2.35. The van der Waals surface area contributed by atoms with Gasteiger partial charge in [-0.1, -0.05) is 59.7 Å². The van der Waals surface area contributed by atoms with Gasteiger partial charge in [0.1, 0.15) is 4.99 Å². The van der Waals surface area contributed by atoms with E-state index in [1.807, 2.05) is 12.1 Å². The summed E-state index contributed by atoms with van der Waals surface area (Å²) in [4.78, 5) is 12.3. The van der Waals surface area contributed by atoms with Crippen molar-refractivity contribution in [2.45, 2.75) is 6.42 Å². The number of nitrogens with one attached hydrogen (secondary N) is 1. The lowest BCUT2D eigenvalue weighted by Crippen LogP contribution is -2.15. The zero-order valence-electron chi connectivity index (χ0n) is 10.9. The Kier molecular flexibility index (Phi) is 5.17. The smallest absolute Gasteiger partial charge is 0.228 e. The lowest BCUT2D eigenvalue weighted by Gasteiger charge is -2.08. The molecule has 0 spiro atoms. The second-order valence-corrected chi connectivity index (χ2v) is 5.69. The first kappa shape index (κ1) is 15.8. The van der Waals surface area contributed by atoms with Crippen LogP contribution >= 0.6 is 35.4 Å². The minimum atomic E-state index is -0.165. The molecule has 21 heavy (non-hydrogen) atoms. The molecule has 3 N–H and O–H groups in total. The lowest BCUT2D eigenvalue weighted by molar-refractivity contribution is -0.115. The summed E-state index contributed by atoms with van der Waals surface area (Å²) >= 11 is 16.7. The molecule has 6 heteroatoms. The first-order chi connectivity index (χ1) is 9.95. The number of carbonyl (C=O) groups excluding carboxylic acids is 1. The van der Waals surface area contributed by atoms with Crippen molar-refractivity contribution in [1.29, 1.82) is 0 Å². The van der Waals surface area contributed by atoms with Crippen molar-refractivity contribution in [3.05, 3.63) is 63.6 Å². The zero-order chi connectivity index (χ0) is 15.4. The van der Waals surface area contributed by atoms with E-state index in [0.29, 0.717) is 20.7 Å². The van der Waals surface area contributed by atoms with Crippen LogP contribution in [0.4, 0.5) is 5.69 Å². The molecule has 1 amide bonds. The average molecular weight is 339 g/mol. The van der Waals surface area contributed by atoms with Crippen molar-refractivity contribution < 1.29 is 4.79 Å². The van der Waals surface area contributed by atoms with Gasteiger partial charge >= 0.3 is 0 Å². The molecule has 0 atom stereocenters. The van der Waals surface area contributed by atoms with E-state index in [9.17, 15) is 4.79 Å². The van der Waals surface area contributed by atoms with Crippen LogP contribution in [0.2, 0.25) is 10.0 Å². The molecule has 0 aliphatic carbocycles. The normalized spacial score (nSPS) is 10.2. The summed E-state index contributed by atoms with van der Waals surface area (Å²) in [5.74, 6) is -0.165. The van der Waals surface area contributed by atoms with Crippen molar-refractivity contribution >= 4 is 52.0 Å². The van der Waals surface area contributed by atoms with E-state index in [-0.39, 0.29) is 12.3 Å². The minimum absolute atomic E-state index is 0.165. The van der Waals surface area contributed by atoms with Crippen LogP contribution in [0, 0.1) is 0 Å². The lowest BCUT2D eigenvalue weighted by atomic mass is 10.1. The van der Waals surface area contributed by atoms with Gasteiger partial charge in [0.15, 0.2) is 0 Å². The molecule has 0 heterocycles. The number of anilines is 1. The molecule has 0 aromatic heterocycles. The summed E-state index contributed by atoms with van der Waals surface area (Å²) in [6.07, 6.45) is 0.233. The SMILES string of the molecule is NC(=S)c1ccc(CC(=O)Nc2ccc(Cl)cc2Cl)cc1. The summed E-state index contributed by atoms with van der Waals surface area (Å²) < 4.78 is 0. The molecule has 0 unspecified atom stereocenters. The molecule has 0 saturated carbocycles. The minimum Gasteiger partial charge on any atom is -0.389 e. The molecular formula is C15H12Cl2N2OS. The Morgan fingerprint density at radius 1 is 1.14 bits per heavy atom. The van der Waals surface area contributed by atoms with E-state index in [1.165, 1.54) is 0 Å². The van der Waals surface area contributed by atoms with Crippen LogP contribution in [0.1, 0.15) is 11.1 Å². The monoisotopic (exact) mass is 338 g/mol. The molecule has 2 rings (SSSR count). The highest BCUT2D eigenvalue weighted by atomic mass is 35.5. The van der Waals surface area contributed by atoms with Gasteiger partial charge < -0.3 is 11.1 Å². The number of benzene rings is 2. The Morgan fingerprint density at radius 3 is 2.38 bits per heavy atom. The number of thiocarbonyl (C=S) groups is 1. The Morgan fingerprint density at radius 2 is 1.81 bits per heavy atom. The standard InChI is InChI=1S/C15H12Cl2N2OS/c16-11-5-6-13(12(17)8-11)19-14(20)7-9-1-3-10(4-2-9)15(18)21/h1-6,8H,7H2,(H2,18,21)(H,19,20). The zero-order valence-corrected chi connectivity index (χ0v) is 13.2. The van der Waals surface area contributed by atoms with Gasteiger partial charge in [-0.05, 0) is 23.8 Å². The van der Waals surface area contributed by atoms with E-state index < -0.39 is 0 Å². The molecule has 2 aromatic rings. The van der Waals surface area contributed by atoms with E-state index in [1.54, 1.807) is 30.3 Å². The van der Waals surface area contributed by atoms with Crippen LogP contribution in [-0.4, -0.2) is 10.9 Å². The molecule has 0 aliphatic heterocycles. The number of amides is 1. The van der Waals surface area contributed by atoms with Gasteiger partial charge in [-0.3, -0.25) is 4.79 Å². The Balaban J connectivity index is 2.02. The highest BCUT2D eigenvalue weighted by Gasteiger charge is 2.08. The predicted octanol–water partition coefficient (Wildman–Crippen LogP) is 3.81. The molecule has 0 bridgehead atoms. The van der Waals surface area contributed by atoms with Crippen molar-refractivity contribution in [2.24, 2.45) is 5.73 Å². The Labute approximate surface area is 138 Å². The third kappa shape index (κ3) is 4.43. The fourth-order valence-electron chi connectivity index (χ4n) is 1.76. The van der Waals surface area contributed by atoms with Crippen LogP contribution in [0.25, 0.3) is 0 Å². The molecular weight excluding hydrogens is 327 g/mol. The number of nitrogens with two attached hydrogens (primary N) is 1. The third-order valence-corrected chi connectivity index (χ3v) is 3.59. The summed E-state index contributed by atoms with van der Waals surface area (Å²) in [6, 6.07) is 12.1. The molecule has 0 saturated heterocycles. The maximum atomic E-state index is 12.0. The average Bonchev–Trinajstić information content (AvgIpc) is 2.42. The maximum Gasteiger partial charge on any atom is 0.228 e. The Hall–Kier alpha value is -1.62. The van der Waals surface area contributed by atoms with E-state index in [2.05, 4.69) is 5.32 Å². The third-order valence-electron chi connectivity index (χ3n) is 2.81. The summed E-state index contributed by atoms with van der Waals surface area (Å²) in [5, 5.41) is 3.67. The fraction of sp³-hybridized carbons (Fsp3) is 0.0667. The maximum absolute atomic E-state index is 12.0. The van der Waals surface area contributed by atoms with Gasteiger partial charge in [0.2, 0.25) is 5.91 Å². The quantitative estimate of drug-likeness (QED) is 0.833. The molecule has 108 valence electrons. The van der Waals surface area contributed by atoms with Crippen molar-refractivity contribution in [3.63, 3.8) is 0 Å². The van der Waals surface area contributed by atoms with Crippen LogP contribution in [0.5, 0.6) is 0 Å². The highest BCUT2D eigenvalue weighted by molar-refractivity contribution is 7.80. The predicted molar refractivity (Wildman–Crippen MR) is 91.1 cm³/mol. The van der Waals surface area contributed by atoms with Gasteiger partial charge in [-0.2, -0.15) is 0 Å². The first-order valence-electron chi connectivity index (χ1n) is 6.09. The number of hydrogen-bond acceptors (Lipinski definition) is 2. The van der Waals surface area contributed by atoms with Gasteiger partial charge in [0.25, 0.3) is 0 Å². The summed E-state index contributed by atoms with van der Waals surface area (Å²) in [7, 11) is 0. The van der Waals surface area contributed by atoms with Crippen LogP contribution in [-0.2, 0) is 11.2 Å². The summed E-state index contributed by atoms with van der Waals surface area (Å²) in [5.41, 5.74) is 7.69. The van der Waals surface area contributed by atoms with Gasteiger partial charge in [-0.25, -0.2) is 0 Å². The molecule has 3 nitrogen and oxygen atoms in total. The van der Waals surface area contributed by atoms with Crippen LogP contribution in [0.3, 0.4) is 0 Å². The highest BCUT2D eigenvalue weighted by Crippen LogP contribution is 2.25. The summed E-state index contributed by atoms with van der Waals surface area (Å²) in [6.45, 7) is 0. The molecule has 0 radical (unpaired) electrons. The van der Waals surface area contributed by atoms with Gasteiger partial charge in [0.05, 0.1) is 17.1 Å². The van der Waals surface area contributed by atoms with E-state index >= 15 is 0 Å². The number of halogens is 2.